The van der Waals surface area contributed by atoms with E-state index in [1.54, 1.807) is 6.20 Å². The predicted molar refractivity (Wildman–Crippen MR) is 92.0 cm³/mol. The minimum absolute atomic E-state index is 0.558. The Morgan fingerprint density at radius 1 is 1.05 bits per heavy atom. The van der Waals surface area contributed by atoms with Gasteiger partial charge in [-0.3, -0.25) is 0 Å². The molecule has 1 heterocycles. The van der Waals surface area contributed by atoms with Gasteiger partial charge in [-0.2, -0.15) is 4.98 Å². The summed E-state index contributed by atoms with van der Waals surface area (Å²) in [4.78, 5) is 10.9. The summed E-state index contributed by atoms with van der Waals surface area (Å²) >= 11 is 0. The lowest BCUT2D eigenvalue weighted by Crippen LogP contribution is -2.15. The summed E-state index contributed by atoms with van der Waals surface area (Å²) in [6.07, 6.45) is 6.89. The van der Waals surface area contributed by atoms with Crippen LogP contribution in [0.15, 0.2) is 36.5 Å². The quantitative estimate of drug-likeness (QED) is 0.882. The van der Waals surface area contributed by atoms with Crippen LogP contribution >= 0.6 is 0 Å². The molecular weight excluding hydrogens is 274 g/mol. The summed E-state index contributed by atoms with van der Waals surface area (Å²) in [7, 11) is 4.06. The second-order valence-electron chi connectivity index (χ2n) is 5.96. The van der Waals surface area contributed by atoms with Crippen molar-refractivity contribution >= 4 is 23.1 Å². The number of hydrogen-bond acceptors (Lipinski definition) is 5. The van der Waals surface area contributed by atoms with Gasteiger partial charge in [0.15, 0.2) is 0 Å². The zero-order chi connectivity index (χ0) is 15.4. The van der Waals surface area contributed by atoms with Crippen molar-refractivity contribution in [3.05, 3.63) is 36.5 Å². The molecule has 0 radical (unpaired) electrons. The smallest absolute Gasteiger partial charge is 0.229 e. The molecule has 0 bridgehead atoms. The highest BCUT2D eigenvalue weighted by Gasteiger charge is 2.15. The fourth-order valence-corrected chi connectivity index (χ4v) is 2.75. The second-order valence-corrected chi connectivity index (χ2v) is 5.96. The van der Waals surface area contributed by atoms with E-state index in [9.17, 15) is 0 Å². The van der Waals surface area contributed by atoms with Crippen LogP contribution in [0.2, 0.25) is 0 Å². The SMILES string of the molecule is CN(C)c1ccc(Nc2nccc(NC3CCCC3)n2)cc1. The van der Waals surface area contributed by atoms with Gasteiger partial charge in [-0.05, 0) is 43.2 Å². The first-order valence-corrected chi connectivity index (χ1v) is 7.85. The molecule has 22 heavy (non-hydrogen) atoms. The summed E-state index contributed by atoms with van der Waals surface area (Å²) in [5.41, 5.74) is 2.16. The number of aromatic nitrogens is 2. The first-order valence-electron chi connectivity index (χ1n) is 7.85. The molecule has 0 saturated heterocycles. The first kappa shape index (κ1) is 14.6. The molecule has 1 aromatic carbocycles. The third-order valence-corrected chi connectivity index (χ3v) is 4.00. The van der Waals surface area contributed by atoms with E-state index in [1.165, 1.54) is 31.4 Å². The van der Waals surface area contributed by atoms with Gasteiger partial charge in [-0.15, -0.1) is 0 Å². The lowest BCUT2D eigenvalue weighted by molar-refractivity contribution is 0.750. The van der Waals surface area contributed by atoms with Gasteiger partial charge >= 0.3 is 0 Å². The minimum atomic E-state index is 0.558. The molecule has 0 amide bonds. The molecule has 1 aliphatic rings. The van der Waals surface area contributed by atoms with Crippen LogP contribution in [0, 0.1) is 0 Å². The highest BCUT2D eigenvalue weighted by Crippen LogP contribution is 2.22. The molecule has 0 unspecified atom stereocenters. The van der Waals surface area contributed by atoms with E-state index in [-0.39, 0.29) is 0 Å². The Labute approximate surface area is 131 Å². The van der Waals surface area contributed by atoms with Crippen LogP contribution < -0.4 is 15.5 Å². The van der Waals surface area contributed by atoms with Crippen LogP contribution in [0.25, 0.3) is 0 Å². The number of benzene rings is 1. The van der Waals surface area contributed by atoms with Crippen LogP contribution in [-0.4, -0.2) is 30.1 Å². The van der Waals surface area contributed by atoms with Gasteiger partial charge in [0.05, 0.1) is 0 Å². The van der Waals surface area contributed by atoms with Crippen molar-refractivity contribution in [1.29, 1.82) is 0 Å². The van der Waals surface area contributed by atoms with Crippen molar-refractivity contribution in [3.8, 4) is 0 Å². The van der Waals surface area contributed by atoms with Crippen LogP contribution in [0.1, 0.15) is 25.7 Å². The molecule has 2 N–H and O–H groups in total. The topological polar surface area (TPSA) is 53.1 Å². The molecule has 1 aromatic heterocycles. The Bertz CT molecular complexity index is 603. The molecule has 3 rings (SSSR count). The lowest BCUT2D eigenvalue weighted by atomic mass is 10.2. The number of hydrogen-bond donors (Lipinski definition) is 2. The van der Waals surface area contributed by atoms with Crippen molar-refractivity contribution < 1.29 is 0 Å². The van der Waals surface area contributed by atoms with E-state index in [0.717, 1.165) is 11.5 Å². The van der Waals surface area contributed by atoms with Crippen molar-refractivity contribution in [1.82, 2.24) is 9.97 Å². The standard InChI is InChI=1S/C17H23N5/c1-22(2)15-9-7-14(8-10-15)20-17-18-12-11-16(21-17)19-13-5-3-4-6-13/h7-13H,3-6H2,1-2H3,(H2,18,19,20,21). The molecule has 0 spiro atoms. The van der Waals surface area contributed by atoms with Crippen molar-refractivity contribution in [2.24, 2.45) is 0 Å². The Morgan fingerprint density at radius 3 is 2.45 bits per heavy atom. The van der Waals surface area contributed by atoms with Gasteiger partial charge in [-0.25, -0.2) is 4.98 Å². The molecule has 1 fully saturated rings. The molecule has 2 aromatic rings. The Balaban J connectivity index is 1.66. The van der Waals surface area contributed by atoms with E-state index in [1.807, 2.05) is 32.3 Å². The molecule has 1 aliphatic carbocycles. The van der Waals surface area contributed by atoms with Crippen LogP contribution in [0.3, 0.4) is 0 Å². The zero-order valence-electron chi connectivity index (χ0n) is 13.2. The van der Waals surface area contributed by atoms with E-state index in [0.29, 0.717) is 12.0 Å². The summed E-state index contributed by atoms with van der Waals surface area (Å²) in [6, 6.07) is 10.7. The normalized spacial score (nSPS) is 14.8. The summed E-state index contributed by atoms with van der Waals surface area (Å²) in [6.45, 7) is 0. The number of anilines is 4. The fourth-order valence-electron chi connectivity index (χ4n) is 2.75. The van der Waals surface area contributed by atoms with Gasteiger partial charge in [0.2, 0.25) is 5.95 Å². The maximum atomic E-state index is 4.55. The maximum absolute atomic E-state index is 4.55. The summed E-state index contributed by atoms with van der Waals surface area (Å²) in [5.74, 6) is 1.52. The average Bonchev–Trinajstić information content (AvgIpc) is 3.01. The van der Waals surface area contributed by atoms with E-state index in [2.05, 4.69) is 37.6 Å². The second kappa shape index (κ2) is 6.64. The van der Waals surface area contributed by atoms with Gasteiger partial charge < -0.3 is 15.5 Å². The fraction of sp³-hybridized carbons (Fsp3) is 0.412. The third-order valence-electron chi connectivity index (χ3n) is 4.00. The number of nitrogens with one attached hydrogen (secondary N) is 2. The van der Waals surface area contributed by atoms with Crippen LogP contribution in [-0.2, 0) is 0 Å². The molecule has 0 aliphatic heterocycles. The highest BCUT2D eigenvalue weighted by molar-refractivity contribution is 5.59. The van der Waals surface area contributed by atoms with E-state index in [4.69, 9.17) is 0 Å². The van der Waals surface area contributed by atoms with Gasteiger partial charge in [-0.1, -0.05) is 12.8 Å². The Morgan fingerprint density at radius 2 is 1.77 bits per heavy atom. The van der Waals surface area contributed by atoms with Crippen LogP contribution in [0.4, 0.5) is 23.1 Å². The molecule has 116 valence electrons. The summed E-state index contributed by atoms with van der Waals surface area (Å²) < 4.78 is 0. The summed E-state index contributed by atoms with van der Waals surface area (Å²) in [5, 5.41) is 6.75. The maximum Gasteiger partial charge on any atom is 0.229 e. The minimum Gasteiger partial charge on any atom is -0.378 e. The van der Waals surface area contributed by atoms with Gasteiger partial charge in [0.1, 0.15) is 5.82 Å². The van der Waals surface area contributed by atoms with Crippen molar-refractivity contribution in [2.45, 2.75) is 31.7 Å². The van der Waals surface area contributed by atoms with E-state index < -0.39 is 0 Å². The predicted octanol–water partition coefficient (Wildman–Crippen LogP) is 3.64. The molecular formula is C17H23N5. The average molecular weight is 297 g/mol. The van der Waals surface area contributed by atoms with Gasteiger partial charge in [0, 0.05) is 37.7 Å². The third kappa shape index (κ3) is 3.67. The Hall–Kier alpha value is -2.30. The molecule has 5 nitrogen and oxygen atoms in total. The van der Waals surface area contributed by atoms with E-state index >= 15 is 0 Å². The largest absolute Gasteiger partial charge is 0.378 e. The van der Waals surface area contributed by atoms with Crippen molar-refractivity contribution in [2.75, 3.05) is 29.6 Å². The monoisotopic (exact) mass is 297 g/mol. The Kier molecular flexibility index (Phi) is 4.42. The first-order chi connectivity index (χ1) is 10.7. The highest BCUT2D eigenvalue weighted by atomic mass is 15.1. The molecule has 0 atom stereocenters. The van der Waals surface area contributed by atoms with Crippen LogP contribution in [0.5, 0.6) is 0 Å². The molecule has 5 heteroatoms. The zero-order valence-corrected chi connectivity index (χ0v) is 13.2. The molecule has 1 saturated carbocycles. The van der Waals surface area contributed by atoms with Crippen molar-refractivity contribution in [3.63, 3.8) is 0 Å². The number of nitrogens with zero attached hydrogens (tertiary/aromatic N) is 3. The number of rotatable bonds is 5. The lowest BCUT2D eigenvalue weighted by Gasteiger charge is -2.14. The van der Waals surface area contributed by atoms with Gasteiger partial charge in [0.25, 0.3) is 0 Å².